The number of nitrogens with zero attached hydrogens (tertiary/aromatic N) is 2. The molecule has 1 aliphatic heterocycles. The van der Waals surface area contributed by atoms with Crippen LogP contribution in [0.1, 0.15) is 18.1 Å². The molecule has 2 heterocycles. The van der Waals surface area contributed by atoms with Crippen LogP contribution in [0.5, 0.6) is 11.5 Å². The summed E-state index contributed by atoms with van der Waals surface area (Å²) in [6.45, 7) is 2.93. The highest BCUT2D eigenvalue weighted by molar-refractivity contribution is 8.18. The third-order valence-electron chi connectivity index (χ3n) is 6.02. The number of aromatic nitrogens is 1. The number of hydrogen-bond acceptors (Lipinski definition) is 5. The molecule has 0 aliphatic carbocycles. The molecule has 0 radical (unpaired) electrons. The predicted octanol–water partition coefficient (Wildman–Crippen LogP) is 7.08. The van der Waals surface area contributed by atoms with Gasteiger partial charge in [0.05, 0.1) is 24.3 Å². The minimum Gasteiger partial charge on any atom is -0.497 e. The smallest absolute Gasteiger partial charge is 0.266 e. The van der Waals surface area contributed by atoms with Crippen molar-refractivity contribution in [2.45, 2.75) is 13.3 Å². The van der Waals surface area contributed by atoms with Gasteiger partial charge in [-0.15, -0.1) is 0 Å². The Hall–Kier alpha value is -3.68. The van der Waals surface area contributed by atoms with Crippen LogP contribution in [0.25, 0.3) is 17.0 Å². The lowest BCUT2D eigenvalue weighted by atomic mass is 10.1. The highest BCUT2D eigenvalue weighted by Gasteiger charge is 2.33. The van der Waals surface area contributed by atoms with Crippen LogP contribution in [0.3, 0.4) is 0 Å². The van der Waals surface area contributed by atoms with Crippen LogP contribution in [0.4, 0.5) is 5.69 Å². The van der Waals surface area contributed by atoms with Crippen molar-refractivity contribution in [1.29, 1.82) is 0 Å². The molecule has 0 spiro atoms. The van der Waals surface area contributed by atoms with Crippen LogP contribution in [0.2, 0.25) is 5.02 Å². The summed E-state index contributed by atoms with van der Waals surface area (Å²) in [7, 11) is 1.63. The van der Waals surface area contributed by atoms with Crippen LogP contribution in [0.15, 0.2) is 82.8 Å². The number of ether oxygens (including phenoxy) is 2. The summed E-state index contributed by atoms with van der Waals surface area (Å²) in [6, 6.07) is 21.0. The monoisotopic (exact) mass is 531 g/mol. The second kappa shape index (κ2) is 11.2. The van der Waals surface area contributed by atoms with E-state index < -0.39 is 0 Å². The summed E-state index contributed by atoms with van der Waals surface area (Å²) in [5, 5.41) is 2.36. The first-order valence-corrected chi connectivity index (χ1v) is 13.2. The maximum atomic E-state index is 13.6. The van der Waals surface area contributed by atoms with E-state index in [9.17, 15) is 4.79 Å². The van der Waals surface area contributed by atoms with E-state index in [1.165, 1.54) is 11.8 Å². The summed E-state index contributed by atoms with van der Waals surface area (Å²) in [5.41, 5.74) is 3.74. The first kappa shape index (κ1) is 25.0. The minimum absolute atomic E-state index is 0.0977. The first-order valence-electron chi connectivity index (χ1n) is 12.0. The largest absolute Gasteiger partial charge is 0.497 e. The van der Waals surface area contributed by atoms with Crippen molar-refractivity contribution in [1.82, 2.24) is 9.88 Å². The number of thioether (sulfide) groups is 1. The molecular formula is C29H26ClN3O3S. The van der Waals surface area contributed by atoms with Crippen LogP contribution in [-0.4, -0.2) is 41.2 Å². The molecule has 1 N–H and O–H groups in total. The third kappa shape index (κ3) is 5.53. The van der Waals surface area contributed by atoms with Gasteiger partial charge >= 0.3 is 0 Å². The molecule has 1 aliphatic rings. The van der Waals surface area contributed by atoms with Gasteiger partial charge in [0.2, 0.25) is 0 Å². The molecule has 5 rings (SSSR count). The number of methoxy groups -OCH3 is 1. The normalized spacial score (nSPS) is 15.8. The lowest BCUT2D eigenvalue weighted by Crippen LogP contribution is -2.31. The summed E-state index contributed by atoms with van der Waals surface area (Å²) in [6.07, 6.45) is 4.53. The number of rotatable bonds is 8. The molecule has 1 saturated heterocycles. The zero-order chi connectivity index (χ0) is 25.8. The van der Waals surface area contributed by atoms with Crippen LogP contribution >= 0.6 is 23.4 Å². The summed E-state index contributed by atoms with van der Waals surface area (Å²) in [4.78, 5) is 24.1. The van der Waals surface area contributed by atoms with Crippen molar-refractivity contribution in [3.63, 3.8) is 0 Å². The van der Waals surface area contributed by atoms with Crippen LogP contribution in [-0.2, 0) is 11.2 Å². The Morgan fingerprint density at radius 2 is 1.92 bits per heavy atom. The van der Waals surface area contributed by atoms with Gasteiger partial charge in [-0.3, -0.25) is 9.69 Å². The lowest BCUT2D eigenvalue weighted by molar-refractivity contribution is -0.122. The van der Waals surface area contributed by atoms with E-state index >= 15 is 0 Å². The van der Waals surface area contributed by atoms with Crippen molar-refractivity contribution in [3.8, 4) is 11.5 Å². The van der Waals surface area contributed by atoms with Crippen molar-refractivity contribution >= 4 is 57.1 Å². The number of aromatic amines is 1. The van der Waals surface area contributed by atoms with Crippen molar-refractivity contribution in [3.05, 3.63) is 94.0 Å². The second-order valence-corrected chi connectivity index (χ2v) is 9.83. The molecule has 0 unspecified atom stereocenters. The van der Waals surface area contributed by atoms with Gasteiger partial charge in [-0.1, -0.05) is 29.8 Å². The van der Waals surface area contributed by atoms with E-state index in [0.717, 1.165) is 33.5 Å². The SMILES string of the molecule is CCOc1ccc(Cl)cc1/C=C1\SC(=Nc2ccc(OC)cc2)N(CCc2c[nH]c3ccccc23)C1=O. The zero-order valence-corrected chi connectivity index (χ0v) is 22.1. The van der Waals surface area contributed by atoms with E-state index in [1.807, 2.05) is 73.8 Å². The molecule has 1 amide bonds. The number of fused-ring (bicyclic) bond motifs is 1. The number of carbonyl (C=O) groups is 1. The number of carbonyl (C=O) groups excluding carboxylic acids is 1. The summed E-state index contributed by atoms with van der Waals surface area (Å²) < 4.78 is 11.0. The molecule has 0 atom stereocenters. The highest BCUT2D eigenvalue weighted by Crippen LogP contribution is 2.37. The Morgan fingerprint density at radius 1 is 1.11 bits per heavy atom. The van der Waals surface area contributed by atoms with Crippen molar-refractivity contribution < 1.29 is 14.3 Å². The van der Waals surface area contributed by atoms with Gasteiger partial charge in [0.15, 0.2) is 5.17 Å². The van der Waals surface area contributed by atoms with Crippen LogP contribution in [0, 0.1) is 0 Å². The van der Waals surface area contributed by atoms with Gasteiger partial charge < -0.3 is 14.5 Å². The number of hydrogen-bond donors (Lipinski definition) is 1. The fourth-order valence-electron chi connectivity index (χ4n) is 4.19. The van der Waals surface area contributed by atoms with Gasteiger partial charge in [-0.25, -0.2) is 4.99 Å². The maximum absolute atomic E-state index is 13.6. The maximum Gasteiger partial charge on any atom is 0.266 e. The summed E-state index contributed by atoms with van der Waals surface area (Å²) in [5.74, 6) is 1.33. The number of nitrogens with one attached hydrogen (secondary N) is 1. The molecular weight excluding hydrogens is 506 g/mol. The fraction of sp³-hybridized carbons (Fsp3) is 0.172. The Balaban J connectivity index is 1.48. The standard InChI is InChI=1S/C29H26ClN3O3S/c1-3-36-26-13-8-21(30)16-20(26)17-27-28(34)33(15-14-19-18-31-25-7-5-4-6-24(19)25)29(37-27)32-22-9-11-23(35-2)12-10-22/h4-13,16-18,31H,3,14-15H2,1-2H3/b27-17-,32-29?. The Kier molecular flexibility index (Phi) is 7.53. The van der Waals surface area contributed by atoms with E-state index in [0.29, 0.717) is 40.4 Å². The fourth-order valence-corrected chi connectivity index (χ4v) is 5.38. The topological polar surface area (TPSA) is 66.9 Å². The van der Waals surface area contributed by atoms with E-state index in [-0.39, 0.29) is 5.91 Å². The number of para-hydroxylation sites is 1. The van der Waals surface area contributed by atoms with Crippen LogP contribution < -0.4 is 9.47 Å². The Morgan fingerprint density at radius 3 is 2.70 bits per heavy atom. The third-order valence-corrected chi connectivity index (χ3v) is 7.26. The number of aliphatic imine (C=N–C) groups is 1. The molecule has 1 aromatic heterocycles. The molecule has 0 bridgehead atoms. The molecule has 6 nitrogen and oxygen atoms in total. The Bertz CT molecular complexity index is 1490. The van der Waals surface area contributed by atoms with E-state index in [2.05, 4.69) is 11.1 Å². The number of amides is 1. The van der Waals surface area contributed by atoms with Crippen molar-refractivity contribution in [2.24, 2.45) is 4.99 Å². The molecule has 37 heavy (non-hydrogen) atoms. The van der Waals surface area contributed by atoms with E-state index in [4.69, 9.17) is 26.1 Å². The number of H-pyrrole nitrogens is 1. The van der Waals surface area contributed by atoms with Gasteiger partial charge in [0.1, 0.15) is 11.5 Å². The molecule has 8 heteroatoms. The molecule has 1 fully saturated rings. The average Bonchev–Trinajstić information content (AvgIpc) is 3.45. The van der Waals surface area contributed by atoms with Crippen molar-refractivity contribution in [2.75, 3.05) is 20.3 Å². The minimum atomic E-state index is -0.0977. The first-order chi connectivity index (χ1) is 18.1. The van der Waals surface area contributed by atoms with Gasteiger partial charge in [-0.05, 0) is 85.3 Å². The lowest BCUT2D eigenvalue weighted by Gasteiger charge is -2.15. The average molecular weight is 532 g/mol. The van der Waals surface area contributed by atoms with Gasteiger partial charge in [0.25, 0.3) is 5.91 Å². The molecule has 4 aromatic rings. The second-order valence-electron chi connectivity index (χ2n) is 8.38. The van der Waals surface area contributed by atoms with Gasteiger partial charge in [0, 0.05) is 34.2 Å². The molecule has 0 saturated carbocycles. The van der Waals surface area contributed by atoms with Gasteiger partial charge in [-0.2, -0.15) is 0 Å². The zero-order valence-electron chi connectivity index (χ0n) is 20.5. The number of halogens is 1. The molecule has 188 valence electrons. The van der Waals surface area contributed by atoms with E-state index in [1.54, 1.807) is 18.1 Å². The number of benzene rings is 3. The highest BCUT2D eigenvalue weighted by atomic mass is 35.5. The predicted molar refractivity (Wildman–Crippen MR) is 152 cm³/mol. The quantitative estimate of drug-likeness (QED) is 0.247. The Labute approximate surface area is 224 Å². The molecule has 3 aromatic carbocycles. The number of amidine groups is 1. The summed E-state index contributed by atoms with van der Waals surface area (Å²) >= 11 is 7.61.